The number of hydrogen-bond donors (Lipinski definition) is 0. The van der Waals surface area contributed by atoms with Gasteiger partial charge in [-0.15, -0.1) is 0 Å². The van der Waals surface area contributed by atoms with Crippen LogP contribution in [0.4, 0.5) is 13.2 Å². The van der Waals surface area contributed by atoms with Crippen LogP contribution >= 0.6 is 0 Å². The van der Waals surface area contributed by atoms with Gasteiger partial charge in [0.1, 0.15) is 17.5 Å². The third-order valence-corrected chi connectivity index (χ3v) is 16.2. The monoisotopic (exact) mass is 1340 g/mol. The van der Waals surface area contributed by atoms with Crippen molar-refractivity contribution in [3.8, 4) is 77.9 Å². The minimum Gasteiger partial charge on any atom is -0.265 e. The summed E-state index contributed by atoms with van der Waals surface area (Å²) >= 11 is 0. The third kappa shape index (κ3) is 25.6. The van der Waals surface area contributed by atoms with E-state index in [1.807, 2.05) is 172 Å². The molecule has 0 aliphatic heterocycles. The minimum absolute atomic E-state index is 0.170. The lowest BCUT2D eigenvalue weighted by molar-refractivity contribution is 0.627. The van der Waals surface area contributed by atoms with Crippen molar-refractivity contribution in [2.24, 2.45) is 0 Å². The molecule has 0 saturated carbocycles. The molecule has 0 aliphatic carbocycles. The lowest BCUT2D eigenvalue weighted by atomic mass is 10.0. The van der Waals surface area contributed by atoms with E-state index in [1.165, 1.54) is 119 Å². The number of nitrogens with zero attached hydrogens (tertiary/aromatic N) is 4. The Morgan fingerprint density at radius 3 is 0.902 bits per heavy atom. The summed E-state index contributed by atoms with van der Waals surface area (Å²) < 4.78 is 39.0. The van der Waals surface area contributed by atoms with Crippen LogP contribution in [0, 0.1) is 79.8 Å². The molecule has 4 heterocycles. The molecule has 0 N–H and O–H groups in total. The lowest BCUT2D eigenvalue weighted by Gasteiger charge is -2.03. The van der Waals surface area contributed by atoms with E-state index in [0.29, 0.717) is 5.56 Å². The number of rotatable bonds is 7. The van der Waals surface area contributed by atoms with Crippen LogP contribution in [0.2, 0.25) is 0 Å². The number of aromatic nitrogens is 4. The molecule has 0 unspecified atom stereocenters. The standard InChI is InChI=1S/3C13H11F.4C12H11N.C8H10/c1-10-2-4-11(5-3-10)12-6-8-13(14)9-7-12;1-10-5-7-11(8-6-10)12-3-2-4-13(14)9-12;1-10-6-8-11(9-7-10)12-4-2-3-5-13(12)14;1-10-2-4-11(5-3-10)12-6-8-13-9-7-12;1-10-5-2-3-7-12(10)11-6-4-8-13-9-11;1-10-3-2-4-12(9-10)11-5-7-13-8-6-11;1-10-4-2-3-5-12(10)11-6-8-13-9-7-11;1-7-3-5-8(2)6-4-7/h3*2-9H,1H3;4*2-9H,1H3;3-6H,1-2H3. The van der Waals surface area contributed by atoms with E-state index in [1.54, 1.807) is 42.6 Å². The van der Waals surface area contributed by atoms with Crippen LogP contribution in [0.25, 0.3) is 77.9 Å². The molecule has 0 radical (unpaired) electrons. The van der Waals surface area contributed by atoms with Gasteiger partial charge in [0.2, 0.25) is 0 Å². The van der Waals surface area contributed by atoms with Crippen molar-refractivity contribution in [2.75, 3.05) is 0 Å². The molecule has 4 nitrogen and oxygen atoms in total. The summed E-state index contributed by atoms with van der Waals surface area (Å²) in [6.07, 6.45) is 14.6. The van der Waals surface area contributed by atoms with Crippen molar-refractivity contribution in [3.05, 3.63) is 433 Å². The average molecular weight is 1340 g/mol. The fourth-order valence-corrected chi connectivity index (χ4v) is 10.4. The van der Waals surface area contributed by atoms with Crippen molar-refractivity contribution in [1.29, 1.82) is 0 Å². The van der Waals surface area contributed by atoms with E-state index < -0.39 is 0 Å². The fourth-order valence-electron chi connectivity index (χ4n) is 10.4. The van der Waals surface area contributed by atoms with Gasteiger partial charge in [-0.3, -0.25) is 19.9 Å². The first-order chi connectivity index (χ1) is 49.5. The van der Waals surface area contributed by atoms with Crippen LogP contribution in [0.15, 0.2) is 365 Å². The van der Waals surface area contributed by atoms with Crippen LogP contribution in [-0.4, -0.2) is 19.9 Å². The summed E-state index contributed by atoms with van der Waals surface area (Å²) in [6.45, 7) is 18.7. The van der Waals surface area contributed by atoms with Crippen LogP contribution in [0.5, 0.6) is 0 Å². The van der Waals surface area contributed by atoms with E-state index in [0.717, 1.165) is 27.8 Å². The van der Waals surface area contributed by atoms with Crippen LogP contribution < -0.4 is 0 Å². The molecule has 0 fully saturated rings. The first kappa shape index (κ1) is 75.6. The van der Waals surface area contributed by atoms with Gasteiger partial charge in [0.05, 0.1) is 0 Å². The van der Waals surface area contributed by atoms with E-state index in [2.05, 4.69) is 208 Å². The summed E-state index contributed by atoms with van der Waals surface area (Å²) in [7, 11) is 0. The smallest absolute Gasteiger partial charge is 0.131 e. The van der Waals surface area contributed by atoms with Crippen molar-refractivity contribution in [3.63, 3.8) is 0 Å². The van der Waals surface area contributed by atoms with Crippen molar-refractivity contribution < 1.29 is 13.2 Å². The second kappa shape index (κ2) is 40.6. The number of halogens is 3. The van der Waals surface area contributed by atoms with Gasteiger partial charge < -0.3 is 0 Å². The highest BCUT2D eigenvalue weighted by molar-refractivity contribution is 5.69. The Balaban J connectivity index is 0.000000148. The van der Waals surface area contributed by atoms with Crippen LogP contribution in [-0.2, 0) is 0 Å². The molecular weight excluding hydrogens is 1250 g/mol. The molecule has 0 aliphatic rings. The van der Waals surface area contributed by atoms with Gasteiger partial charge in [-0.25, -0.2) is 13.2 Å². The second-order valence-corrected chi connectivity index (χ2v) is 24.6. The maximum atomic E-state index is 13.4. The van der Waals surface area contributed by atoms with Crippen molar-refractivity contribution >= 4 is 0 Å². The average Bonchev–Trinajstić information content (AvgIpc) is 0.891. The molecule has 4 aromatic heterocycles. The van der Waals surface area contributed by atoms with Gasteiger partial charge in [0, 0.05) is 60.7 Å². The zero-order valence-electron chi connectivity index (χ0n) is 59.6. The summed E-state index contributed by atoms with van der Waals surface area (Å²) in [5, 5.41) is 0. The van der Waals surface area contributed by atoms with Crippen molar-refractivity contribution in [2.45, 2.75) is 62.3 Å². The molecule has 0 saturated heterocycles. The number of hydrogen-bond acceptors (Lipinski definition) is 4. The predicted molar refractivity (Wildman–Crippen MR) is 423 cm³/mol. The van der Waals surface area contributed by atoms with Gasteiger partial charge in [-0.1, -0.05) is 282 Å². The molecule has 15 aromatic rings. The Morgan fingerprint density at radius 2 is 0.500 bits per heavy atom. The lowest BCUT2D eigenvalue weighted by Crippen LogP contribution is -1.83. The first-order valence-corrected chi connectivity index (χ1v) is 33.9. The summed E-state index contributed by atoms with van der Waals surface area (Å²) in [6, 6.07) is 102. The van der Waals surface area contributed by atoms with Gasteiger partial charge in [0.25, 0.3) is 0 Å². The zero-order valence-corrected chi connectivity index (χ0v) is 59.6. The number of pyridine rings is 4. The summed E-state index contributed by atoms with van der Waals surface area (Å²) in [4.78, 5) is 16.1. The molecule has 0 spiro atoms. The Labute approximate surface area is 602 Å². The Morgan fingerprint density at radius 1 is 0.186 bits per heavy atom. The number of aryl methyl sites for hydroxylation is 9. The Bertz CT molecular complexity index is 4720. The molecule has 0 atom stereocenters. The first-order valence-electron chi connectivity index (χ1n) is 33.9. The fraction of sp³-hybridized carbons (Fsp3) is 0.0947. The van der Waals surface area contributed by atoms with Crippen LogP contribution in [0.1, 0.15) is 50.1 Å². The van der Waals surface area contributed by atoms with Gasteiger partial charge in [-0.2, -0.15) is 0 Å². The molecule has 7 heteroatoms. The number of benzene rings is 11. The molecule has 0 amide bonds. The van der Waals surface area contributed by atoms with E-state index >= 15 is 0 Å². The molecule has 15 rings (SSSR count). The van der Waals surface area contributed by atoms with E-state index in [-0.39, 0.29) is 17.5 Å². The second-order valence-electron chi connectivity index (χ2n) is 24.6. The maximum Gasteiger partial charge on any atom is 0.131 e. The molecule has 11 aromatic carbocycles. The Hall–Kier alpha value is -12.2. The highest BCUT2D eigenvalue weighted by atomic mass is 19.1. The minimum atomic E-state index is -0.194. The Kier molecular flexibility index (Phi) is 30.1. The van der Waals surface area contributed by atoms with E-state index in [9.17, 15) is 13.2 Å². The van der Waals surface area contributed by atoms with E-state index in [4.69, 9.17) is 0 Å². The zero-order chi connectivity index (χ0) is 72.3. The summed E-state index contributed by atoms with van der Waals surface area (Å²) in [5.41, 5.74) is 27.1. The normalized spacial score (nSPS) is 9.96. The maximum absolute atomic E-state index is 13.4. The largest absolute Gasteiger partial charge is 0.265 e. The van der Waals surface area contributed by atoms with Crippen LogP contribution in [0.3, 0.4) is 0 Å². The highest BCUT2D eigenvalue weighted by Gasteiger charge is 2.05. The predicted octanol–water partition coefficient (Wildman–Crippen LogP) is 25.9. The SMILES string of the molecule is Cc1ccc(-c2ccc(F)cc2)cc1.Cc1ccc(-c2cccc(F)c2)cc1.Cc1ccc(-c2ccccc2F)cc1.Cc1ccc(-c2ccncc2)cc1.Cc1ccc(C)cc1.Cc1cccc(-c2ccncc2)c1.Cc1ccccc1-c1cccnc1.Cc1ccccc1-c1ccncc1. The van der Waals surface area contributed by atoms with Gasteiger partial charge in [-0.05, 0) is 213 Å². The van der Waals surface area contributed by atoms with Gasteiger partial charge >= 0.3 is 0 Å². The highest BCUT2D eigenvalue weighted by Crippen LogP contribution is 2.27. The molecule has 508 valence electrons. The molecule has 0 bridgehead atoms. The van der Waals surface area contributed by atoms with Crippen molar-refractivity contribution in [1.82, 2.24) is 19.9 Å². The molecular formula is C95H87F3N4. The summed E-state index contributed by atoms with van der Waals surface area (Å²) in [5.74, 6) is -0.555. The van der Waals surface area contributed by atoms with Gasteiger partial charge in [0.15, 0.2) is 0 Å². The topological polar surface area (TPSA) is 51.6 Å². The third-order valence-electron chi connectivity index (χ3n) is 16.2. The quantitative estimate of drug-likeness (QED) is 0.160. The molecule has 102 heavy (non-hydrogen) atoms.